The Bertz CT molecular complexity index is 817. The third-order valence-electron chi connectivity index (χ3n) is 3.50. The number of esters is 1. The molecule has 0 aliphatic carbocycles. The average molecular weight is 370 g/mol. The molecule has 0 fully saturated rings. The maximum atomic E-state index is 12.1. The van der Waals surface area contributed by atoms with Gasteiger partial charge in [-0.15, -0.1) is 0 Å². The van der Waals surface area contributed by atoms with Crippen LogP contribution < -0.4 is 15.4 Å². The molecule has 0 bridgehead atoms. The van der Waals surface area contributed by atoms with Crippen LogP contribution in [0.2, 0.25) is 0 Å². The Labute approximate surface area is 157 Å². The second-order valence-corrected chi connectivity index (χ2v) is 5.99. The minimum Gasteiger partial charge on any atom is -0.482 e. The van der Waals surface area contributed by atoms with E-state index in [4.69, 9.17) is 9.47 Å². The lowest BCUT2D eigenvalue weighted by Gasteiger charge is -2.14. The maximum absolute atomic E-state index is 12.1. The Morgan fingerprint density at radius 2 is 1.63 bits per heavy atom. The van der Waals surface area contributed by atoms with E-state index in [1.54, 1.807) is 36.4 Å². The van der Waals surface area contributed by atoms with Gasteiger partial charge in [0.2, 0.25) is 5.91 Å². The molecule has 0 saturated heterocycles. The molecule has 2 rings (SSSR count). The van der Waals surface area contributed by atoms with E-state index in [1.165, 1.54) is 13.8 Å². The SMILES string of the molecule is CC(=O)Nc1ccc(NC(=O)C(C)OC(=O)COc2cccc(C)c2)cc1. The fraction of sp³-hybridized carbons (Fsp3) is 0.250. The van der Waals surface area contributed by atoms with Crippen LogP contribution in [0.25, 0.3) is 0 Å². The Balaban J connectivity index is 1.80. The lowest BCUT2D eigenvalue weighted by molar-refractivity contribution is -0.155. The van der Waals surface area contributed by atoms with Crippen LogP contribution in [-0.4, -0.2) is 30.5 Å². The molecule has 0 aromatic heterocycles. The van der Waals surface area contributed by atoms with Crippen LogP contribution >= 0.6 is 0 Å². The zero-order valence-corrected chi connectivity index (χ0v) is 15.4. The van der Waals surface area contributed by atoms with Gasteiger partial charge in [-0.05, 0) is 55.8 Å². The number of anilines is 2. The monoisotopic (exact) mass is 370 g/mol. The van der Waals surface area contributed by atoms with Crippen molar-refractivity contribution in [2.45, 2.75) is 26.9 Å². The smallest absolute Gasteiger partial charge is 0.344 e. The predicted molar refractivity (Wildman–Crippen MR) is 102 cm³/mol. The van der Waals surface area contributed by atoms with Gasteiger partial charge in [0.1, 0.15) is 5.75 Å². The molecule has 2 aromatic carbocycles. The first-order valence-corrected chi connectivity index (χ1v) is 8.41. The number of ether oxygens (including phenoxy) is 2. The van der Waals surface area contributed by atoms with Crippen LogP contribution in [0.4, 0.5) is 11.4 Å². The molecule has 2 amide bonds. The van der Waals surface area contributed by atoms with Gasteiger partial charge in [0.05, 0.1) is 0 Å². The Morgan fingerprint density at radius 3 is 2.22 bits per heavy atom. The second-order valence-electron chi connectivity index (χ2n) is 5.99. The summed E-state index contributed by atoms with van der Waals surface area (Å²) in [6.45, 7) is 4.52. The number of benzene rings is 2. The standard InChI is InChI=1S/C20H22N2O5/c1-13-5-4-6-18(11-13)26-12-19(24)27-14(2)20(25)22-17-9-7-16(8-10-17)21-15(3)23/h4-11,14H,12H2,1-3H3,(H,21,23)(H,22,25). The zero-order valence-electron chi connectivity index (χ0n) is 15.4. The number of amides is 2. The number of aryl methyl sites for hydroxylation is 1. The van der Waals surface area contributed by atoms with Gasteiger partial charge in [-0.1, -0.05) is 12.1 Å². The maximum Gasteiger partial charge on any atom is 0.344 e. The number of hydrogen-bond acceptors (Lipinski definition) is 5. The average Bonchev–Trinajstić information content (AvgIpc) is 2.61. The lowest BCUT2D eigenvalue weighted by atomic mass is 10.2. The van der Waals surface area contributed by atoms with Crippen molar-refractivity contribution in [3.05, 3.63) is 54.1 Å². The van der Waals surface area contributed by atoms with Crippen molar-refractivity contribution in [1.29, 1.82) is 0 Å². The molecular formula is C20H22N2O5. The molecule has 1 atom stereocenters. The predicted octanol–water partition coefficient (Wildman–Crippen LogP) is 2.90. The van der Waals surface area contributed by atoms with Crippen LogP contribution in [0.15, 0.2) is 48.5 Å². The molecule has 0 radical (unpaired) electrons. The molecule has 0 saturated carbocycles. The minimum absolute atomic E-state index is 0.180. The number of carbonyl (C=O) groups is 3. The Morgan fingerprint density at radius 1 is 1.00 bits per heavy atom. The van der Waals surface area contributed by atoms with E-state index >= 15 is 0 Å². The van der Waals surface area contributed by atoms with Gasteiger partial charge in [0, 0.05) is 18.3 Å². The molecule has 27 heavy (non-hydrogen) atoms. The number of nitrogens with one attached hydrogen (secondary N) is 2. The van der Waals surface area contributed by atoms with Crippen molar-refractivity contribution in [3.63, 3.8) is 0 Å². The molecule has 142 valence electrons. The summed E-state index contributed by atoms with van der Waals surface area (Å²) in [6, 6.07) is 13.9. The summed E-state index contributed by atoms with van der Waals surface area (Å²) >= 11 is 0. The summed E-state index contributed by atoms with van der Waals surface area (Å²) in [4.78, 5) is 35.0. The topological polar surface area (TPSA) is 93.7 Å². The van der Waals surface area contributed by atoms with Crippen LogP contribution in [0, 0.1) is 6.92 Å². The van der Waals surface area contributed by atoms with Gasteiger partial charge >= 0.3 is 5.97 Å². The molecule has 0 aliphatic heterocycles. The number of rotatable bonds is 7. The molecule has 0 heterocycles. The summed E-state index contributed by atoms with van der Waals surface area (Å²) in [5, 5.41) is 5.27. The normalized spacial score (nSPS) is 11.2. The van der Waals surface area contributed by atoms with Crippen molar-refractivity contribution in [2.24, 2.45) is 0 Å². The highest BCUT2D eigenvalue weighted by Crippen LogP contribution is 2.15. The van der Waals surface area contributed by atoms with Crippen LogP contribution in [0.3, 0.4) is 0 Å². The van der Waals surface area contributed by atoms with Gasteiger partial charge in [0.15, 0.2) is 12.7 Å². The number of hydrogen-bond donors (Lipinski definition) is 2. The van der Waals surface area contributed by atoms with Crippen molar-refractivity contribution in [3.8, 4) is 5.75 Å². The summed E-state index contributed by atoms with van der Waals surface area (Å²) < 4.78 is 10.4. The van der Waals surface area contributed by atoms with Crippen LogP contribution in [0.1, 0.15) is 19.4 Å². The molecule has 7 heteroatoms. The van der Waals surface area contributed by atoms with Crippen LogP contribution in [0.5, 0.6) is 5.75 Å². The molecule has 1 unspecified atom stereocenters. The highest BCUT2D eigenvalue weighted by molar-refractivity contribution is 5.95. The first-order chi connectivity index (χ1) is 12.8. The third-order valence-corrected chi connectivity index (χ3v) is 3.50. The number of carbonyl (C=O) groups excluding carboxylic acids is 3. The van der Waals surface area contributed by atoms with Gasteiger partial charge in [-0.2, -0.15) is 0 Å². The van der Waals surface area contributed by atoms with Crippen molar-refractivity contribution >= 4 is 29.2 Å². The third kappa shape index (κ3) is 6.81. The summed E-state index contributed by atoms with van der Waals surface area (Å²) in [6.07, 6.45) is -0.978. The molecule has 2 aromatic rings. The van der Waals surface area contributed by atoms with E-state index in [9.17, 15) is 14.4 Å². The molecule has 2 N–H and O–H groups in total. The van der Waals surface area contributed by atoms with E-state index in [0.29, 0.717) is 17.1 Å². The Hall–Kier alpha value is -3.35. The quantitative estimate of drug-likeness (QED) is 0.731. The van der Waals surface area contributed by atoms with E-state index in [1.807, 2.05) is 19.1 Å². The van der Waals surface area contributed by atoms with E-state index in [2.05, 4.69) is 10.6 Å². The largest absolute Gasteiger partial charge is 0.482 e. The molecule has 0 spiro atoms. The van der Waals surface area contributed by atoms with Crippen molar-refractivity contribution < 1.29 is 23.9 Å². The fourth-order valence-electron chi connectivity index (χ4n) is 2.22. The Kier molecular flexibility index (Phi) is 6.93. The summed E-state index contributed by atoms with van der Waals surface area (Å²) in [5.74, 6) is -0.727. The van der Waals surface area contributed by atoms with Crippen molar-refractivity contribution in [2.75, 3.05) is 17.2 Å². The van der Waals surface area contributed by atoms with Crippen molar-refractivity contribution in [1.82, 2.24) is 0 Å². The van der Waals surface area contributed by atoms with E-state index in [-0.39, 0.29) is 12.5 Å². The molecule has 7 nitrogen and oxygen atoms in total. The minimum atomic E-state index is -0.978. The highest BCUT2D eigenvalue weighted by atomic mass is 16.6. The zero-order chi connectivity index (χ0) is 19.8. The van der Waals surface area contributed by atoms with Gasteiger partial charge in [-0.25, -0.2) is 4.79 Å². The fourth-order valence-corrected chi connectivity index (χ4v) is 2.22. The highest BCUT2D eigenvalue weighted by Gasteiger charge is 2.18. The first-order valence-electron chi connectivity index (χ1n) is 8.41. The van der Waals surface area contributed by atoms with Crippen LogP contribution in [-0.2, 0) is 19.1 Å². The first kappa shape index (κ1) is 20.0. The molecule has 0 aliphatic rings. The summed E-state index contributed by atoms with van der Waals surface area (Å²) in [7, 11) is 0. The second kappa shape index (κ2) is 9.38. The van der Waals surface area contributed by atoms with Gasteiger partial charge in [-0.3, -0.25) is 9.59 Å². The van der Waals surface area contributed by atoms with E-state index in [0.717, 1.165) is 5.56 Å². The molecular weight excluding hydrogens is 348 g/mol. The summed E-state index contributed by atoms with van der Waals surface area (Å²) in [5.41, 5.74) is 2.15. The van der Waals surface area contributed by atoms with E-state index < -0.39 is 18.0 Å². The van der Waals surface area contributed by atoms with Gasteiger partial charge in [0.25, 0.3) is 5.91 Å². The lowest BCUT2D eigenvalue weighted by Crippen LogP contribution is -2.31. The van der Waals surface area contributed by atoms with Gasteiger partial charge < -0.3 is 20.1 Å².